The molecule has 1 heterocycles. The van der Waals surface area contributed by atoms with Crippen molar-refractivity contribution >= 4 is 17.5 Å². The summed E-state index contributed by atoms with van der Waals surface area (Å²) in [6.45, 7) is 12.6. The zero-order valence-electron chi connectivity index (χ0n) is 18.1. The molecule has 1 aromatic carbocycles. The van der Waals surface area contributed by atoms with Crippen LogP contribution < -0.4 is 0 Å². The number of esters is 1. The average Bonchev–Trinajstić information content (AvgIpc) is 2.58. The summed E-state index contributed by atoms with van der Waals surface area (Å²) in [5, 5.41) is 0. The number of nitrogens with zero attached hydrogens (tertiary/aromatic N) is 1. The fraction of sp³-hybridized carbons (Fsp3) is 0.542. The quantitative estimate of drug-likeness (QED) is 0.679. The molecule has 0 radical (unpaired) electrons. The van der Waals surface area contributed by atoms with Crippen molar-refractivity contribution in [3.63, 3.8) is 0 Å². The maximum absolute atomic E-state index is 13.1. The first-order valence-electron chi connectivity index (χ1n) is 9.94. The van der Waals surface area contributed by atoms with Gasteiger partial charge in [-0.2, -0.15) is 0 Å². The van der Waals surface area contributed by atoms with Crippen molar-refractivity contribution in [3.8, 4) is 0 Å². The molecule has 2 unspecified atom stereocenters. The van der Waals surface area contributed by atoms with Gasteiger partial charge in [0, 0.05) is 29.3 Å². The molecule has 1 aliphatic carbocycles. The summed E-state index contributed by atoms with van der Waals surface area (Å²) in [5.74, 6) is -1.14. The van der Waals surface area contributed by atoms with E-state index in [1.807, 2.05) is 6.92 Å². The highest BCUT2D eigenvalue weighted by Gasteiger charge is 2.45. The fourth-order valence-electron chi connectivity index (χ4n) is 4.43. The molecule has 1 aromatic rings. The number of ether oxygens (including phenoxy) is 1. The van der Waals surface area contributed by atoms with Gasteiger partial charge in [0.25, 0.3) is 0 Å². The summed E-state index contributed by atoms with van der Waals surface area (Å²) >= 11 is 0. The minimum Gasteiger partial charge on any atom is -0.468 e. The molecule has 28 heavy (non-hydrogen) atoms. The first-order chi connectivity index (χ1) is 12.9. The Morgan fingerprint density at radius 3 is 2.29 bits per heavy atom. The summed E-state index contributed by atoms with van der Waals surface area (Å²) in [7, 11) is 1.39. The maximum atomic E-state index is 13.1. The molecule has 3 rings (SSSR count). The van der Waals surface area contributed by atoms with Gasteiger partial charge in [-0.1, -0.05) is 58.9 Å². The van der Waals surface area contributed by atoms with E-state index in [9.17, 15) is 9.59 Å². The Morgan fingerprint density at radius 2 is 1.75 bits per heavy atom. The molecule has 0 N–H and O–H groups in total. The SMILES string of the molecule is COC(=O)C1C(C)=NC2=C(C(=O)CC(C)(C)C2)C1c1ccc(C(C)(C)C)cc1. The number of methoxy groups -OCH3 is 1. The molecule has 2 aliphatic rings. The zero-order chi connectivity index (χ0) is 20.9. The second-order valence-electron chi connectivity index (χ2n) is 9.91. The first kappa shape index (κ1) is 20.5. The number of allylic oxidation sites excluding steroid dienone is 2. The van der Waals surface area contributed by atoms with Gasteiger partial charge in [0.05, 0.1) is 7.11 Å². The standard InChI is InChI=1S/C24H31NO3/c1-14-19(22(27)28-7)20(15-8-10-16(11-9-15)23(2,3)4)21-17(25-14)12-24(5,6)13-18(21)26/h8-11,19-20H,12-13H2,1-7H3. The molecule has 0 fully saturated rings. The van der Waals surface area contributed by atoms with Crippen LogP contribution in [0.1, 0.15) is 71.4 Å². The smallest absolute Gasteiger partial charge is 0.315 e. The van der Waals surface area contributed by atoms with Crippen LogP contribution in [0, 0.1) is 11.3 Å². The van der Waals surface area contributed by atoms with Crippen molar-refractivity contribution in [2.75, 3.05) is 7.11 Å². The molecule has 1 aliphatic heterocycles. The Hall–Kier alpha value is -2.23. The molecule has 2 atom stereocenters. The Balaban J connectivity index is 2.15. The van der Waals surface area contributed by atoms with Crippen molar-refractivity contribution in [2.24, 2.45) is 16.3 Å². The van der Waals surface area contributed by atoms with Gasteiger partial charge in [-0.3, -0.25) is 14.6 Å². The van der Waals surface area contributed by atoms with E-state index in [2.05, 4.69) is 58.9 Å². The summed E-state index contributed by atoms with van der Waals surface area (Å²) in [4.78, 5) is 30.5. The number of carbonyl (C=O) groups excluding carboxylic acids is 2. The molecule has 0 saturated heterocycles. The Kier molecular flexibility index (Phi) is 5.11. The van der Waals surface area contributed by atoms with E-state index < -0.39 is 5.92 Å². The van der Waals surface area contributed by atoms with Gasteiger partial charge in [0.15, 0.2) is 5.78 Å². The molecular weight excluding hydrogens is 350 g/mol. The second-order valence-corrected chi connectivity index (χ2v) is 9.91. The van der Waals surface area contributed by atoms with Crippen molar-refractivity contribution in [1.82, 2.24) is 0 Å². The van der Waals surface area contributed by atoms with Gasteiger partial charge in [0.1, 0.15) is 5.92 Å². The van der Waals surface area contributed by atoms with E-state index >= 15 is 0 Å². The highest BCUT2D eigenvalue weighted by atomic mass is 16.5. The van der Waals surface area contributed by atoms with Gasteiger partial charge in [-0.05, 0) is 35.3 Å². The number of carbonyl (C=O) groups is 2. The molecular formula is C24H31NO3. The third kappa shape index (κ3) is 3.69. The van der Waals surface area contributed by atoms with Crippen LogP contribution >= 0.6 is 0 Å². The molecule has 0 spiro atoms. The lowest BCUT2D eigenvalue weighted by Gasteiger charge is -2.39. The number of rotatable bonds is 2. The molecule has 4 nitrogen and oxygen atoms in total. The van der Waals surface area contributed by atoms with Crippen LogP contribution in [0.15, 0.2) is 40.5 Å². The Bertz CT molecular complexity index is 866. The Morgan fingerprint density at radius 1 is 1.14 bits per heavy atom. The summed E-state index contributed by atoms with van der Waals surface area (Å²) < 4.78 is 5.09. The predicted octanol–water partition coefficient (Wildman–Crippen LogP) is 4.97. The van der Waals surface area contributed by atoms with E-state index in [0.717, 1.165) is 23.4 Å². The lowest BCUT2D eigenvalue weighted by Crippen LogP contribution is -2.39. The van der Waals surface area contributed by atoms with Crippen LogP contribution in [0.5, 0.6) is 0 Å². The van der Waals surface area contributed by atoms with Gasteiger partial charge in [-0.15, -0.1) is 0 Å². The predicted molar refractivity (Wildman–Crippen MR) is 112 cm³/mol. The monoisotopic (exact) mass is 381 g/mol. The van der Waals surface area contributed by atoms with Crippen LogP contribution in [0.3, 0.4) is 0 Å². The van der Waals surface area contributed by atoms with Gasteiger partial charge < -0.3 is 4.74 Å². The lowest BCUT2D eigenvalue weighted by atomic mass is 9.66. The maximum Gasteiger partial charge on any atom is 0.315 e. The minimum atomic E-state index is -0.561. The molecule has 0 saturated carbocycles. The molecule has 0 aromatic heterocycles. The van der Waals surface area contributed by atoms with Gasteiger partial charge >= 0.3 is 5.97 Å². The summed E-state index contributed by atoms with van der Waals surface area (Å²) in [6.07, 6.45) is 1.22. The molecule has 0 bridgehead atoms. The van der Waals surface area contributed by atoms with E-state index in [1.165, 1.54) is 12.7 Å². The summed E-state index contributed by atoms with van der Waals surface area (Å²) in [6, 6.07) is 8.30. The lowest BCUT2D eigenvalue weighted by molar-refractivity contribution is -0.143. The van der Waals surface area contributed by atoms with Crippen LogP contribution in [-0.4, -0.2) is 24.6 Å². The molecule has 0 amide bonds. The highest BCUT2D eigenvalue weighted by Crippen LogP contribution is 2.48. The average molecular weight is 382 g/mol. The van der Waals surface area contributed by atoms with E-state index in [0.29, 0.717) is 12.0 Å². The van der Waals surface area contributed by atoms with E-state index in [-0.39, 0.29) is 28.5 Å². The second kappa shape index (κ2) is 6.98. The first-order valence-corrected chi connectivity index (χ1v) is 9.94. The summed E-state index contributed by atoms with van der Waals surface area (Å²) in [5.41, 5.74) is 4.38. The molecule has 4 heteroatoms. The zero-order valence-corrected chi connectivity index (χ0v) is 18.1. The number of hydrogen-bond acceptors (Lipinski definition) is 4. The van der Waals surface area contributed by atoms with Crippen LogP contribution in [0.4, 0.5) is 0 Å². The third-order valence-electron chi connectivity index (χ3n) is 5.89. The number of hydrogen-bond donors (Lipinski definition) is 0. The van der Waals surface area contributed by atoms with Crippen molar-refractivity contribution < 1.29 is 14.3 Å². The van der Waals surface area contributed by atoms with Crippen molar-refractivity contribution in [1.29, 1.82) is 0 Å². The fourth-order valence-corrected chi connectivity index (χ4v) is 4.43. The number of Topliss-reactive ketones (excluding diaryl/α,β-unsaturated/α-hetero) is 1. The van der Waals surface area contributed by atoms with E-state index in [4.69, 9.17) is 9.73 Å². The van der Waals surface area contributed by atoms with E-state index in [1.54, 1.807) is 0 Å². The molecule has 150 valence electrons. The van der Waals surface area contributed by atoms with Crippen molar-refractivity contribution in [3.05, 3.63) is 46.7 Å². The van der Waals surface area contributed by atoms with Gasteiger partial charge in [0.2, 0.25) is 0 Å². The van der Waals surface area contributed by atoms with Crippen LogP contribution in [0.25, 0.3) is 0 Å². The number of aliphatic imine (C=N–C) groups is 1. The number of benzene rings is 1. The number of ketones is 1. The topological polar surface area (TPSA) is 55.7 Å². The van der Waals surface area contributed by atoms with Crippen LogP contribution in [0.2, 0.25) is 0 Å². The normalized spacial score (nSPS) is 24.5. The minimum absolute atomic E-state index is 0.0410. The van der Waals surface area contributed by atoms with Gasteiger partial charge in [-0.25, -0.2) is 0 Å². The highest BCUT2D eigenvalue weighted by molar-refractivity contribution is 6.09. The van der Waals surface area contributed by atoms with Crippen molar-refractivity contribution in [2.45, 2.75) is 65.7 Å². The largest absolute Gasteiger partial charge is 0.468 e. The Labute approximate surface area is 168 Å². The van der Waals surface area contributed by atoms with Crippen LogP contribution in [-0.2, 0) is 19.7 Å². The third-order valence-corrected chi connectivity index (χ3v) is 5.89.